The van der Waals surface area contributed by atoms with Gasteiger partial charge in [-0.2, -0.15) is 0 Å². The maximum atomic E-state index is 12.9. The Kier molecular flexibility index (Phi) is 64.1. The lowest BCUT2D eigenvalue weighted by Crippen LogP contribution is -2.30. The molecule has 77 heavy (non-hydrogen) atoms. The van der Waals surface area contributed by atoms with Crippen molar-refractivity contribution >= 4 is 17.9 Å². The SMILES string of the molecule is CC/C=C\C/C=C\C/C=C\CCCCCC(=O)OCC(COC(=O)CCCCCCCCCCCCCCCCCCCCCCCCCCCCCCCCC)OC(=O)CCCCCCCCCCCCCCCCC. The van der Waals surface area contributed by atoms with Crippen molar-refractivity contribution < 1.29 is 28.6 Å². The topological polar surface area (TPSA) is 78.9 Å². The summed E-state index contributed by atoms with van der Waals surface area (Å²) in [7, 11) is 0. The Hall–Kier alpha value is -2.37. The maximum absolute atomic E-state index is 12.9. The number of carbonyl (C=O) groups is 3. The van der Waals surface area contributed by atoms with Crippen LogP contribution in [0.3, 0.4) is 0 Å². The molecule has 0 aliphatic heterocycles. The number of esters is 3. The van der Waals surface area contributed by atoms with E-state index in [-0.39, 0.29) is 31.1 Å². The van der Waals surface area contributed by atoms with Gasteiger partial charge in [0.1, 0.15) is 13.2 Å². The fourth-order valence-electron chi connectivity index (χ4n) is 10.5. The summed E-state index contributed by atoms with van der Waals surface area (Å²) in [4.78, 5) is 38.3. The van der Waals surface area contributed by atoms with Crippen molar-refractivity contribution in [3.05, 3.63) is 36.5 Å². The number of unbranched alkanes of at least 4 members (excludes halogenated alkanes) is 47. The highest BCUT2D eigenvalue weighted by Crippen LogP contribution is 2.19. The molecule has 0 fully saturated rings. The van der Waals surface area contributed by atoms with E-state index in [0.717, 1.165) is 83.5 Å². The largest absolute Gasteiger partial charge is 0.462 e. The lowest BCUT2D eigenvalue weighted by molar-refractivity contribution is -0.167. The minimum Gasteiger partial charge on any atom is -0.462 e. The summed E-state index contributed by atoms with van der Waals surface area (Å²) in [5, 5.41) is 0. The van der Waals surface area contributed by atoms with E-state index in [9.17, 15) is 14.4 Å². The third-order valence-corrected chi connectivity index (χ3v) is 15.7. The van der Waals surface area contributed by atoms with Gasteiger partial charge >= 0.3 is 17.9 Å². The van der Waals surface area contributed by atoms with Crippen LogP contribution in [0.25, 0.3) is 0 Å². The molecule has 1 unspecified atom stereocenters. The van der Waals surface area contributed by atoms with Crippen molar-refractivity contribution in [1.82, 2.24) is 0 Å². The lowest BCUT2D eigenvalue weighted by Gasteiger charge is -2.18. The van der Waals surface area contributed by atoms with Crippen LogP contribution in [0.1, 0.15) is 380 Å². The highest BCUT2D eigenvalue weighted by molar-refractivity contribution is 5.71. The van der Waals surface area contributed by atoms with Crippen LogP contribution in [0.2, 0.25) is 0 Å². The number of rotatable bonds is 64. The number of carbonyl (C=O) groups excluding carboxylic acids is 3. The van der Waals surface area contributed by atoms with E-state index in [1.807, 2.05) is 0 Å². The second-order valence-corrected chi connectivity index (χ2v) is 23.4. The van der Waals surface area contributed by atoms with Crippen LogP contribution in [0.5, 0.6) is 0 Å². The predicted molar refractivity (Wildman–Crippen MR) is 335 cm³/mol. The van der Waals surface area contributed by atoms with Crippen LogP contribution in [0.4, 0.5) is 0 Å². The molecule has 0 radical (unpaired) electrons. The van der Waals surface area contributed by atoms with Crippen molar-refractivity contribution in [1.29, 1.82) is 0 Å². The van der Waals surface area contributed by atoms with Gasteiger partial charge < -0.3 is 14.2 Å². The van der Waals surface area contributed by atoms with Crippen LogP contribution < -0.4 is 0 Å². The third kappa shape index (κ3) is 64.3. The Morgan fingerprint density at radius 2 is 0.506 bits per heavy atom. The van der Waals surface area contributed by atoms with Gasteiger partial charge in [-0.1, -0.05) is 346 Å². The van der Waals surface area contributed by atoms with Crippen molar-refractivity contribution in [3.63, 3.8) is 0 Å². The molecule has 1 atom stereocenters. The predicted octanol–water partition coefficient (Wildman–Crippen LogP) is 23.6. The van der Waals surface area contributed by atoms with Gasteiger partial charge in [-0.15, -0.1) is 0 Å². The second-order valence-electron chi connectivity index (χ2n) is 23.4. The molecule has 0 aromatic rings. The Morgan fingerprint density at radius 3 is 0.792 bits per heavy atom. The van der Waals surface area contributed by atoms with Gasteiger partial charge in [0, 0.05) is 19.3 Å². The molecule has 0 aromatic carbocycles. The van der Waals surface area contributed by atoms with E-state index in [0.29, 0.717) is 19.3 Å². The van der Waals surface area contributed by atoms with E-state index in [4.69, 9.17) is 14.2 Å². The zero-order valence-corrected chi connectivity index (χ0v) is 52.0. The first-order valence-corrected chi connectivity index (χ1v) is 34.5. The van der Waals surface area contributed by atoms with Crippen LogP contribution in [-0.4, -0.2) is 37.2 Å². The summed E-state index contributed by atoms with van der Waals surface area (Å²) < 4.78 is 16.9. The standard InChI is InChI=1S/C71H132O6/c1-4-7-10-13-16-19-22-25-27-28-29-30-31-32-33-34-35-36-37-38-39-40-41-42-44-46-49-52-55-58-61-64-70(73)76-67-68(66-75-69(72)63-60-57-54-51-48-45-24-21-18-15-12-9-6-3)77-71(74)65-62-59-56-53-50-47-43-26-23-20-17-14-11-8-5-2/h9,12,18,21,45,48,68H,4-8,10-11,13-17,19-20,22-44,46-47,49-67H2,1-3H3/b12-9-,21-18-,48-45-. The molecule has 0 bridgehead atoms. The first-order chi connectivity index (χ1) is 38.0. The summed E-state index contributed by atoms with van der Waals surface area (Å²) in [6, 6.07) is 0. The highest BCUT2D eigenvalue weighted by atomic mass is 16.6. The molecule has 0 N–H and O–H groups in total. The Labute approximate surface area is 480 Å². The third-order valence-electron chi connectivity index (χ3n) is 15.7. The van der Waals surface area contributed by atoms with Crippen LogP contribution in [-0.2, 0) is 28.6 Å². The fraction of sp³-hybridized carbons (Fsp3) is 0.873. The van der Waals surface area contributed by atoms with E-state index >= 15 is 0 Å². The summed E-state index contributed by atoms with van der Waals surface area (Å²) in [6.45, 7) is 6.57. The molecule has 0 saturated carbocycles. The molecule has 0 amide bonds. The molecular formula is C71H132O6. The van der Waals surface area contributed by atoms with E-state index < -0.39 is 6.10 Å². The minimum atomic E-state index is -0.781. The first-order valence-electron chi connectivity index (χ1n) is 34.5. The maximum Gasteiger partial charge on any atom is 0.306 e. The van der Waals surface area contributed by atoms with Crippen molar-refractivity contribution in [2.45, 2.75) is 386 Å². The molecule has 6 heteroatoms. The van der Waals surface area contributed by atoms with Crippen molar-refractivity contribution in [3.8, 4) is 0 Å². The fourth-order valence-corrected chi connectivity index (χ4v) is 10.5. The normalized spacial score (nSPS) is 12.2. The summed E-state index contributed by atoms with van der Waals surface area (Å²) in [5.41, 5.74) is 0. The smallest absolute Gasteiger partial charge is 0.306 e. The molecule has 0 heterocycles. The van der Waals surface area contributed by atoms with E-state index in [2.05, 4.69) is 57.2 Å². The van der Waals surface area contributed by atoms with Gasteiger partial charge in [-0.25, -0.2) is 0 Å². The van der Waals surface area contributed by atoms with Gasteiger partial charge in [0.15, 0.2) is 6.10 Å². The molecule has 0 spiro atoms. The number of hydrogen-bond acceptors (Lipinski definition) is 6. The van der Waals surface area contributed by atoms with Gasteiger partial charge in [0.2, 0.25) is 0 Å². The molecule has 0 aliphatic rings. The lowest BCUT2D eigenvalue weighted by atomic mass is 10.0. The molecule has 452 valence electrons. The molecule has 0 rings (SSSR count). The molecule has 0 saturated heterocycles. The average molecular weight is 1080 g/mol. The Balaban J connectivity index is 4.10. The van der Waals surface area contributed by atoms with Gasteiger partial charge in [-0.05, 0) is 51.4 Å². The molecule has 6 nitrogen and oxygen atoms in total. The summed E-state index contributed by atoms with van der Waals surface area (Å²) >= 11 is 0. The highest BCUT2D eigenvalue weighted by Gasteiger charge is 2.19. The summed E-state index contributed by atoms with van der Waals surface area (Å²) in [5.74, 6) is -0.881. The zero-order valence-electron chi connectivity index (χ0n) is 52.0. The van der Waals surface area contributed by atoms with E-state index in [1.165, 1.54) is 257 Å². The zero-order chi connectivity index (χ0) is 55.7. The average Bonchev–Trinajstić information content (AvgIpc) is 3.43. The van der Waals surface area contributed by atoms with Crippen molar-refractivity contribution in [2.24, 2.45) is 0 Å². The molecule has 0 aromatic heterocycles. The van der Waals surface area contributed by atoms with Gasteiger partial charge in [-0.3, -0.25) is 14.4 Å². The number of hydrogen-bond donors (Lipinski definition) is 0. The molecular weight excluding hydrogens is 949 g/mol. The Bertz CT molecular complexity index is 1290. The quantitative estimate of drug-likeness (QED) is 0.0261. The van der Waals surface area contributed by atoms with Crippen LogP contribution in [0.15, 0.2) is 36.5 Å². The van der Waals surface area contributed by atoms with Crippen molar-refractivity contribution in [2.75, 3.05) is 13.2 Å². The van der Waals surface area contributed by atoms with E-state index in [1.54, 1.807) is 0 Å². The number of ether oxygens (including phenoxy) is 3. The summed E-state index contributed by atoms with van der Waals surface area (Å²) in [6.07, 6.45) is 82.0. The minimum absolute atomic E-state index is 0.0761. The number of allylic oxidation sites excluding steroid dienone is 6. The monoisotopic (exact) mass is 1080 g/mol. The van der Waals surface area contributed by atoms with Gasteiger partial charge in [0.05, 0.1) is 0 Å². The second kappa shape index (κ2) is 66.1. The van der Waals surface area contributed by atoms with Gasteiger partial charge in [0.25, 0.3) is 0 Å². The molecule has 0 aliphatic carbocycles. The first kappa shape index (κ1) is 74.6. The van der Waals surface area contributed by atoms with Crippen LogP contribution >= 0.6 is 0 Å². The van der Waals surface area contributed by atoms with Crippen LogP contribution in [0, 0.1) is 0 Å². The Morgan fingerprint density at radius 1 is 0.273 bits per heavy atom.